The number of amides is 1. The minimum Gasteiger partial charge on any atom is -0.338 e. The molecule has 0 bridgehead atoms. The molecule has 0 aliphatic rings. The van der Waals surface area contributed by atoms with E-state index in [4.69, 9.17) is 4.52 Å². The first-order valence-corrected chi connectivity index (χ1v) is 8.28. The predicted octanol–water partition coefficient (Wildman–Crippen LogP) is 2.68. The highest BCUT2D eigenvalue weighted by atomic mass is 32.2. The second-order valence-corrected chi connectivity index (χ2v) is 7.15. The molecule has 2 aromatic rings. The zero-order chi connectivity index (χ0) is 13.7. The molecule has 0 radical (unpaired) electrons. The Hall–Kier alpha value is -1.06. The molecule has 6 nitrogen and oxygen atoms in total. The summed E-state index contributed by atoms with van der Waals surface area (Å²) in [6, 6.07) is 1.67. The van der Waals surface area contributed by atoms with Crippen molar-refractivity contribution < 1.29 is 9.32 Å². The summed E-state index contributed by atoms with van der Waals surface area (Å²) in [6.07, 6.45) is 0. The van der Waals surface area contributed by atoms with Crippen LogP contribution in [0.2, 0.25) is 0 Å². The van der Waals surface area contributed by atoms with Crippen LogP contribution in [0.15, 0.2) is 19.3 Å². The van der Waals surface area contributed by atoms with Crippen LogP contribution in [-0.4, -0.2) is 32.8 Å². The molecule has 0 atom stereocenters. The van der Waals surface area contributed by atoms with Crippen LogP contribution in [-0.2, 0) is 4.79 Å². The number of hydrogen-bond acceptors (Lipinski definition) is 8. The van der Waals surface area contributed by atoms with Crippen LogP contribution in [0.25, 0.3) is 0 Å². The topological polar surface area (TPSA) is 80.9 Å². The Bertz CT molecular complexity index is 554. The molecule has 0 aliphatic carbocycles. The van der Waals surface area contributed by atoms with Crippen LogP contribution < -0.4 is 5.32 Å². The van der Waals surface area contributed by atoms with E-state index in [0.717, 1.165) is 20.1 Å². The highest BCUT2D eigenvalue weighted by molar-refractivity contribution is 8.03. The van der Waals surface area contributed by atoms with Crippen molar-refractivity contribution in [2.45, 2.75) is 22.5 Å². The molecule has 2 heterocycles. The van der Waals surface area contributed by atoms with Gasteiger partial charge in [0.15, 0.2) is 8.68 Å². The summed E-state index contributed by atoms with van der Waals surface area (Å²) in [7, 11) is 0. The zero-order valence-corrected chi connectivity index (χ0v) is 12.8. The van der Waals surface area contributed by atoms with Crippen molar-refractivity contribution in [3.05, 3.63) is 11.8 Å². The smallest absolute Gasteiger partial charge is 0.237 e. The van der Waals surface area contributed by atoms with E-state index in [1.165, 1.54) is 23.1 Å². The van der Waals surface area contributed by atoms with Crippen molar-refractivity contribution in [3.63, 3.8) is 0 Å². The third-order valence-electron chi connectivity index (χ3n) is 1.87. The monoisotopic (exact) mass is 316 g/mol. The minimum atomic E-state index is -0.152. The van der Waals surface area contributed by atoms with Crippen molar-refractivity contribution in [2.24, 2.45) is 0 Å². The molecule has 2 rings (SSSR count). The SMILES string of the molecule is CCSc1nnc(SCC(=O)Nc2cc(C)no2)s1. The van der Waals surface area contributed by atoms with E-state index in [9.17, 15) is 4.79 Å². The lowest BCUT2D eigenvalue weighted by Gasteiger charge is -1.98. The number of nitrogens with zero attached hydrogens (tertiary/aromatic N) is 3. The number of hydrogen-bond donors (Lipinski definition) is 1. The van der Waals surface area contributed by atoms with Gasteiger partial charge >= 0.3 is 0 Å². The Balaban J connectivity index is 1.79. The van der Waals surface area contributed by atoms with Gasteiger partial charge in [-0.1, -0.05) is 46.9 Å². The first-order chi connectivity index (χ1) is 9.17. The molecular weight excluding hydrogens is 304 g/mol. The van der Waals surface area contributed by atoms with Crippen LogP contribution in [0, 0.1) is 6.92 Å². The lowest BCUT2D eigenvalue weighted by Crippen LogP contribution is -2.13. The maximum Gasteiger partial charge on any atom is 0.237 e. The summed E-state index contributed by atoms with van der Waals surface area (Å²) in [5.41, 5.74) is 0.730. The average Bonchev–Trinajstić information content (AvgIpc) is 2.97. The maximum absolute atomic E-state index is 11.7. The molecule has 1 N–H and O–H groups in total. The van der Waals surface area contributed by atoms with Gasteiger partial charge in [-0.3, -0.25) is 10.1 Å². The molecule has 0 saturated carbocycles. The number of aryl methyl sites for hydroxylation is 1. The second-order valence-electron chi connectivity index (χ2n) is 3.44. The number of anilines is 1. The minimum absolute atomic E-state index is 0.152. The summed E-state index contributed by atoms with van der Waals surface area (Å²) < 4.78 is 6.62. The quantitative estimate of drug-likeness (QED) is 0.820. The molecule has 0 unspecified atom stereocenters. The molecule has 0 aliphatic heterocycles. The highest BCUT2D eigenvalue weighted by Gasteiger charge is 2.10. The number of carbonyl (C=O) groups is 1. The van der Waals surface area contributed by atoms with Gasteiger partial charge in [0.25, 0.3) is 0 Å². The Morgan fingerprint density at radius 1 is 1.42 bits per heavy atom. The lowest BCUT2D eigenvalue weighted by molar-refractivity contribution is -0.113. The summed E-state index contributed by atoms with van der Waals surface area (Å²) in [5.74, 6) is 1.44. The van der Waals surface area contributed by atoms with Crippen LogP contribution in [0.3, 0.4) is 0 Å². The Labute approximate surface area is 122 Å². The van der Waals surface area contributed by atoms with Crippen molar-refractivity contribution in [1.29, 1.82) is 0 Å². The summed E-state index contributed by atoms with van der Waals surface area (Å²) in [6.45, 7) is 3.85. The van der Waals surface area contributed by atoms with Crippen LogP contribution in [0.5, 0.6) is 0 Å². The zero-order valence-electron chi connectivity index (χ0n) is 10.4. The Morgan fingerprint density at radius 3 is 2.79 bits per heavy atom. The van der Waals surface area contributed by atoms with Gasteiger partial charge in [-0.2, -0.15) is 0 Å². The number of thioether (sulfide) groups is 2. The van der Waals surface area contributed by atoms with Gasteiger partial charge in [-0.05, 0) is 12.7 Å². The van der Waals surface area contributed by atoms with E-state index in [1.54, 1.807) is 24.8 Å². The molecule has 0 saturated heterocycles. The van der Waals surface area contributed by atoms with Crippen LogP contribution in [0.1, 0.15) is 12.6 Å². The largest absolute Gasteiger partial charge is 0.338 e. The standard InChI is InChI=1S/C10H12N4O2S3/c1-3-17-9-12-13-10(19-9)18-5-7(15)11-8-4-6(2)14-16-8/h4H,3,5H2,1-2H3,(H,11,15). The maximum atomic E-state index is 11.7. The first-order valence-electron chi connectivity index (χ1n) is 5.49. The van der Waals surface area contributed by atoms with Gasteiger partial charge < -0.3 is 4.52 Å². The highest BCUT2D eigenvalue weighted by Crippen LogP contribution is 2.28. The normalized spacial score (nSPS) is 10.6. The van der Waals surface area contributed by atoms with Gasteiger partial charge in [0.05, 0.1) is 11.4 Å². The first kappa shape index (κ1) is 14.4. The fourth-order valence-electron chi connectivity index (χ4n) is 1.16. The van der Waals surface area contributed by atoms with Crippen molar-refractivity contribution in [3.8, 4) is 0 Å². The summed E-state index contributed by atoms with van der Waals surface area (Å²) >= 11 is 4.50. The van der Waals surface area contributed by atoms with Crippen LogP contribution >= 0.6 is 34.9 Å². The molecule has 9 heteroatoms. The molecule has 102 valence electrons. The Morgan fingerprint density at radius 2 is 2.16 bits per heavy atom. The van der Waals surface area contributed by atoms with Crippen molar-refractivity contribution in [1.82, 2.24) is 15.4 Å². The number of aromatic nitrogens is 3. The molecule has 19 heavy (non-hydrogen) atoms. The molecule has 0 spiro atoms. The number of nitrogens with one attached hydrogen (secondary N) is 1. The average molecular weight is 316 g/mol. The fraction of sp³-hybridized carbons (Fsp3) is 0.400. The van der Waals surface area contributed by atoms with Gasteiger partial charge in [0.2, 0.25) is 11.8 Å². The number of carbonyl (C=O) groups excluding carboxylic acids is 1. The molecule has 0 aromatic carbocycles. The third-order valence-corrected chi connectivity index (χ3v) is 4.95. The molecule has 2 aromatic heterocycles. The van der Waals surface area contributed by atoms with Gasteiger partial charge in [0, 0.05) is 6.07 Å². The van der Waals surface area contributed by atoms with Crippen molar-refractivity contribution in [2.75, 3.05) is 16.8 Å². The van der Waals surface area contributed by atoms with Gasteiger partial charge in [0.1, 0.15) is 0 Å². The van der Waals surface area contributed by atoms with Crippen molar-refractivity contribution >= 4 is 46.7 Å². The number of rotatable bonds is 6. The van der Waals surface area contributed by atoms with E-state index >= 15 is 0 Å². The van der Waals surface area contributed by atoms with E-state index < -0.39 is 0 Å². The van der Waals surface area contributed by atoms with Crippen LogP contribution in [0.4, 0.5) is 5.88 Å². The van der Waals surface area contributed by atoms with E-state index in [1.807, 2.05) is 0 Å². The summed E-state index contributed by atoms with van der Waals surface area (Å²) in [5, 5.41) is 14.4. The summed E-state index contributed by atoms with van der Waals surface area (Å²) in [4.78, 5) is 11.7. The molecule has 0 fully saturated rings. The third kappa shape index (κ3) is 4.51. The van der Waals surface area contributed by atoms with E-state index in [0.29, 0.717) is 5.88 Å². The fourth-order valence-corrected chi connectivity index (χ4v) is 3.88. The van der Waals surface area contributed by atoms with Gasteiger partial charge in [-0.25, -0.2) is 0 Å². The van der Waals surface area contributed by atoms with E-state index in [-0.39, 0.29) is 11.7 Å². The van der Waals surface area contributed by atoms with E-state index in [2.05, 4.69) is 27.6 Å². The lowest BCUT2D eigenvalue weighted by atomic mass is 10.5. The Kier molecular flexibility index (Phi) is 5.23. The van der Waals surface area contributed by atoms with Gasteiger partial charge in [-0.15, -0.1) is 10.2 Å². The molecular formula is C10H12N4O2S3. The predicted molar refractivity (Wildman–Crippen MR) is 76.9 cm³/mol. The molecule has 1 amide bonds. The second kappa shape index (κ2) is 6.92.